The molecule has 0 saturated heterocycles. The molecule has 150 valence electrons. The third-order valence-electron chi connectivity index (χ3n) is 5.03. The Morgan fingerprint density at radius 1 is 1.18 bits per heavy atom. The van der Waals surface area contributed by atoms with Gasteiger partial charge in [0.1, 0.15) is 6.10 Å². The van der Waals surface area contributed by atoms with Crippen LogP contribution in [0.4, 0.5) is 5.69 Å². The summed E-state index contributed by atoms with van der Waals surface area (Å²) >= 11 is 0. The highest BCUT2D eigenvalue weighted by Gasteiger charge is 2.34. The van der Waals surface area contributed by atoms with Crippen molar-refractivity contribution in [1.82, 2.24) is 5.32 Å². The van der Waals surface area contributed by atoms with Crippen molar-refractivity contribution in [3.05, 3.63) is 65.7 Å². The summed E-state index contributed by atoms with van der Waals surface area (Å²) in [5.74, 6) is 0.0165. The molecule has 2 N–H and O–H groups in total. The Bertz CT molecular complexity index is 746. The van der Waals surface area contributed by atoms with Gasteiger partial charge >= 0.3 is 0 Å². The van der Waals surface area contributed by atoms with Crippen molar-refractivity contribution in [2.45, 2.75) is 37.5 Å². The van der Waals surface area contributed by atoms with Crippen LogP contribution in [-0.4, -0.2) is 56.4 Å². The Morgan fingerprint density at radius 3 is 2.46 bits per heavy atom. The van der Waals surface area contributed by atoms with E-state index in [2.05, 4.69) is 34.5 Å². The number of nitrogens with zero attached hydrogens (tertiary/aromatic N) is 1. The van der Waals surface area contributed by atoms with Gasteiger partial charge in [-0.15, -0.1) is 0 Å². The molecule has 0 amide bonds. The van der Waals surface area contributed by atoms with E-state index in [0.717, 1.165) is 30.6 Å². The predicted molar refractivity (Wildman–Crippen MR) is 112 cm³/mol. The maximum absolute atomic E-state index is 13.0. The first-order valence-corrected chi connectivity index (χ1v) is 9.93. The smallest absolute Gasteiger partial charge is 0.191 e. The van der Waals surface area contributed by atoms with E-state index in [0.29, 0.717) is 18.6 Å². The quantitative estimate of drug-likeness (QED) is 0.462. The Morgan fingerprint density at radius 2 is 1.86 bits per heavy atom. The van der Waals surface area contributed by atoms with E-state index < -0.39 is 6.10 Å². The van der Waals surface area contributed by atoms with Crippen LogP contribution in [0.5, 0.6) is 0 Å². The van der Waals surface area contributed by atoms with Crippen LogP contribution in [0.1, 0.15) is 28.8 Å². The maximum atomic E-state index is 13.0. The number of anilines is 1. The Labute approximate surface area is 167 Å². The summed E-state index contributed by atoms with van der Waals surface area (Å²) in [5.41, 5.74) is 2.89. The SMILES string of the molecule is CN(C)c1ccc(CC(OCCCNC2CC2O)C(=O)c2ccccc2)cc1. The molecule has 5 heteroatoms. The van der Waals surface area contributed by atoms with Gasteiger partial charge in [0, 0.05) is 44.4 Å². The molecule has 2 aromatic rings. The van der Waals surface area contributed by atoms with E-state index in [1.165, 1.54) is 0 Å². The van der Waals surface area contributed by atoms with Gasteiger partial charge in [0.2, 0.25) is 0 Å². The second-order valence-electron chi connectivity index (χ2n) is 7.57. The zero-order valence-corrected chi connectivity index (χ0v) is 16.7. The van der Waals surface area contributed by atoms with Crippen molar-refractivity contribution >= 4 is 11.5 Å². The molecule has 0 heterocycles. The fraction of sp³-hybridized carbons (Fsp3) is 0.435. The highest BCUT2D eigenvalue weighted by atomic mass is 16.5. The van der Waals surface area contributed by atoms with E-state index in [-0.39, 0.29) is 17.9 Å². The number of aliphatic hydroxyl groups is 1. The molecule has 3 unspecified atom stereocenters. The molecule has 0 spiro atoms. The van der Waals surface area contributed by atoms with Gasteiger partial charge in [0.25, 0.3) is 0 Å². The zero-order chi connectivity index (χ0) is 19.9. The van der Waals surface area contributed by atoms with Gasteiger partial charge in [-0.2, -0.15) is 0 Å². The minimum Gasteiger partial charge on any atom is -0.391 e. The summed E-state index contributed by atoms with van der Waals surface area (Å²) in [5, 5.41) is 12.6. The van der Waals surface area contributed by atoms with E-state index in [1.807, 2.05) is 44.4 Å². The van der Waals surface area contributed by atoms with Crippen LogP contribution in [-0.2, 0) is 11.2 Å². The number of aliphatic hydroxyl groups excluding tert-OH is 1. The lowest BCUT2D eigenvalue weighted by Crippen LogP contribution is -2.29. The molecule has 28 heavy (non-hydrogen) atoms. The molecule has 3 atom stereocenters. The second kappa shape index (κ2) is 9.82. The molecule has 1 aliphatic rings. The topological polar surface area (TPSA) is 61.8 Å². The lowest BCUT2D eigenvalue weighted by atomic mass is 9.99. The van der Waals surface area contributed by atoms with Gasteiger partial charge < -0.3 is 20.1 Å². The molecule has 5 nitrogen and oxygen atoms in total. The van der Waals surface area contributed by atoms with Gasteiger partial charge in [-0.05, 0) is 37.1 Å². The van der Waals surface area contributed by atoms with Crippen molar-refractivity contribution < 1.29 is 14.6 Å². The highest BCUT2D eigenvalue weighted by Crippen LogP contribution is 2.20. The molecular formula is C23H30N2O3. The number of nitrogens with one attached hydrogen (secondary N) is 1. The lowest BCUT2D eigenvalue weighted by Gasteiger charge is -2.18. The molecule has 1 saturated carbocycles. The zero-order valence-electron chi connectivity index (χ0n) is 16.7. The summed E-state index contributed by atoms with van der Waals surface area (Å²) in [7, 11) is 4.02. The van der Waals surface area contributed by atoms with Crippen LogP contribution < -0.4 is 10.2 Å². The molecule has 1 fully saturated rings. The number of hydrogen-bond donors (Lipinski definition) is 2. The van der Waals surface area contributed by atoms with Crippen LogP contribution in [0.15, 0.2) is 54.6 Å². The fourth-order valence-corrected chi connectivity index (χ4v) is 3.15. The molecule has 2 aromatic carbocycles. The Balaban J connectivity index is 1.59. The summed E-state index contributed by atoms with van der Waals surface area (Å²) in [6.07, 6.45) is 1.49. The third kappa shape index (κ3) is 5.89. The number of hydrogen-bond acceptors (Lipinski definition) is 5. The number of Topliss-reactive ketones (excluding diaryl/α,β-unsaturated/α-hetero) is 1. The van der Waals surface area contributed by atoms with Crippen LogP contribution in [0, 0.1) is 0 Å². The number of ketones is 1. The number of ether oxygens (including phenoxy) is 1. The molecule has 0 aliphatic heterocycles. The van der Waals surface area contributed by atoms with E-state index in [9.17, 15) is 9.90 Å². The molecule has 3 rings (SSSR count). The molecule has 0 radical (unpaired) electrons. The molecule has 1 aliphatic carbocycles. The van der Waals surface area contributed by atoms with Crippen LogP contribution in [0.3, 0.4) is 0 Å². The van der Waals surface area contributed by atoms with Gasteiger partial charge in [0.05, 0.1) is 6.10 Å². The minimum absolute atomic E-state index is 0.0165. The van der Waals surface area contributed by atoms with Gasteiger partial charge in [-0.25, -0.2) is 0 Å². The van der Waals surface area contributed by atoms with E-state index in [1.54, 1.807) is 0 Å². The average molecular weight is 383 g/mol. The van der Waals surface area contributed by atoms with Gasteiger partial charge in [0.15, 0.2) is 5.78 Å². The van der Waals surface area contributed by atoms with Crippen molar-refractivity contribution in [3.63, 3.8) is 0 Å². The lowest BCUT2D eigenvalue weighted by molar-refractivity contribution is 0.0403. The number of carbonyl (C=O) groups is 1. The van der Waals surface area contributed by atoms with E-state index >= 15 is 0 Å². The average Bonchev–Trinajstić information content (AvgIpc) is 3.42. The normalized spacial score (nSPS) is 19.2. The maximum Gasteiger partial charge on any atom is 0.191 e. The monoisotopic (exact) mass is 382 g/mol. The highest BCUT2D eigenvalue weighted by molar-refractivity contribution is 5.99. The van der Waals surface area contributed by atoms with Crippen LogP contribution in [0.2, 0.25) is 0 Å². The van der Waals surface area contributed by atoms with Gasteiger partial charge in [-0.3, -0.25) is 4.79 Å². The molecule has 0 bridgehead atoms. The summed E-state index contributed by atoms with van der Waals surface area (Å²) in [6, 6.07) is 17.8. The predicted octanol–water partition coefficient (Wildman–Crippen LogP) is 2.68. The third-order valence-corrected chi connectivity index (χ3v) is 5.03. The minimum atomic E-state index is -0.501. The first kappa shape index (κ1) is 20.5. The fourth-order valence-electron chi connectivity index (χ4n) is 3.15. The van der Waals surface area contributed by atoms with Crippen molar-refractivity contribution in [2.24, 2.45) is 0 Å². The largest absolute Gasteiger partial charge is 0.391 e. The van der Waals surface area contributed by atoms with Crippen molar-refractivity contribution in [1.29, 1.82) is 0 Å². The van der Waals surface area contributed by atoms with Crippen LogP contribution >= 0.6 is 0 Å². The van der Waals surface area contributed by atoms with Crippen LogP contribution in [0.25, 0.3) is 0 Å². The number of benzene rings is 2. The Kier molecular flexibility index (Phi) is 7.20. The second-order valence-corrected chi connectivity index (χ2v) is 7.57. The molecular weight excluding hydrogens is 352 g/mol. The summed E-state index contributed by atoms with van der Waals surface area (Å²) in [4.78, 5) is 15.0. The van der Waals surface area contributed by atoms with Crippen molar-refractivity contribution in [2.75, 3.05) is 32.1 Å². The first-order valence-electron chi connectivity index (χ1n) is 9.93. The molecule has 0 aromatic heterocycles. The number of carbonyl (C=O) groups excluding carboxylic acids is 1. The van der Waals surface area contributed by atoms with Gasteiger partial charge in [-0.1, -0.05) is 42.5 Å². The number of rotatable bonds is 11. The summed E-state index contributed by atoms with van der Waals surface area (Å²) in [6.45, 7) is 1.29. The standard InChI is InChI=1S/C23H30N2O3/c1-25(2)19-11-9-17(10-12-19)15-22(23(27)18-7-4-3-5-8-18)28-14-6-13-24-20-16-21(20)26/h3-5,7-12,20-22,24,26H,6,13-16H2,1-2H3. The first-order chi connectivity index (χ1) is 13.5. The van der Waals surface area contributed by atoms with Crippen molar-refractivity contribution in [3.8, 4) is 0 Å². The summed E-state index contributed by atoms with van der Waals surface area (Å²) < 4.78 is 6.01. The Hall–Kier alpha value is -2.21. The van der Waals surface area contributed by atoms with E-state index in [4.69, 9.17) is 4.74 Å².